The Morgan fingerprint density at radius 3 is 2.52 bits per heavy atom. The van der Waals surface area contributed by atoms with Gasteiger partial charge < -0.3 is 4.74 Å². The Balaban J connectivity index is 1.99. The molecule has 0 N–H and O–H groups in total. The highest BCUT2D eigenvalue weighted by Crippen LogP contribution is 2.38. The van der Waals surface area contributed by atoms with Crippen molar-refractivity contribution in [3.63, 3.8) is 0 Å². The lowest BCUT2D eigenvalue weighted by molar-refractivity contribution is -0.137. The van der Waals surface area contributed by atoms with Gasteiger partial charge in [-0.25, -0.2) is 8.42 Å². The lowest BCUT2D eigenvalue weighted by atomic mass is 9.81. The summed E-state index contributed by atoms with van der Waals surface area (Å²) in [6.45, 7) is 5.77. The fraction of sp³-hybridized carbons (Fsp3) is 0.421. The van der Waals surface area contributed by atoms with Crippen LogP contribution in [0, 0.1) is 12.8 Å². The summed E-state index contributed by atoms with van der Waals surface area (Å²) in [7, 11) is -3.63. The van der Waals surface area contributed by atoms with Crippen molar-refractivity contribution in [2.24, 2.45) is 5.92 Å². The molecule has 2 aliphatic rings. The van der Waals surface area contributed by atoms with Crippen LogP contribution >= 0.6 is 0 Å². The molecule has 0 amide bonds. The molecular formula is C19H23NO4S. The van der Waals surface area contributed by atoms with E-state index < -0.39 is 16.0 Å². The number of hydrogen-bond acceptors (Lipinski definition) is 4. The number of sulfonamides is 1. The number of allylic oxidation sites excluding steroid dienone is 2. The lowest BCUT2D eigenvalue weighted by Crippen LogP contribution is -2.43. The number of aryl methyl sites for hydroxylation is 1. The van der Waals surface area contributed by atoms with Gasteiger partial charge >= 0.3 is 5.97 Å². The second kappa shape index (κ2) is 6.77. The average Bonchev–Trinajstić information content (AvgIpc) is 2.54. The Hall–Kier alpha value is -1.92. The predicted octanol–water partition coefficient (Wildman–Crippen LogP) is 3.17. The van der Waals surface area contributed by atoms with E-state index in [1.165, 1.54) is 11.2 Å². The monoisotopic (exact) mass is 361 g/mol. The molecule has 0 fully saturated rings. The van der Waals surface area contributed by atoms with Crippen LogP contribution in [0.25, 0.3) is 0 Å². The van der Waals surface area contributed by atoms with Gasteiger partial charge in [0.1, 0.15) is 5.76 Å². The zero-order valence-electron chi connectivity index (χ0n) is 14.8. The number of hydrogen-bond donors (Lipinski definition) is 0. The molecule has 25 heavy (non-hydrogen) atoms. The van der Waals surface area contributed by atoms with Crippen LogP contribution in [0.1, 0.15) is 32.3 Å². The summed E-state index contributed by atoms with van der Waals surface area (Å²) in [6, 6.07) is 6.83. The molecule has 0 radical (unpaired) electrons. The summed E-state index contributed by atoms with van der Waals surface area (Å²) in [5.41, 5.74) is 3.09. The molecular weight excluding hydrogens is 338 g/mol. The summed E-state index contributed by atoms with van der Waals surface area (Å²) in [6.07, 6.45) is 3.89. The number of nitrogens with zero attached hydrogens (tertiary/aromatic N) is 1. The van der Waals surface area contributed by atoms with Crippen molar-refractivity contribution in [2.45, 2.75) is 38.5 Å². The van der Waals surface area contributed by atoms with Crippen LogP contribution in [-0.2, 0) is 19.6 Å². The smallest absolute Gasteiger partial charge is 0.307 e. The third-order valence-corrected chi connectivity index (χ3v) is 6.59. The quantitative estimate of drug-likeness (QED) is 0.776. The zero-order valence-corrected chi connectivity index (χ0v) is 15.6. The first-order valence-electron chi connectivity index (χ1n) is 8.44. The summed E-state index contributed by atoms with van der Waals surface area (Å²) < 4.78 is 32.9. The van der Waals surface area contributed by atoms with Crippen LogP contribution in [0.3, 0.4) is 0 Å². The minimum Gasteiger partial charge on any atom is -0.430 e. The minimum absolute atomic E-state index is 0.0633. The van der Waals surface area contributed by atoms with Gasteiger partial charge in [0.15, 0.2) is 0 Å². The third kappa shape index (κ3) is 3.55. The van der Waals surface area contributed by atoms with Gasteiger partial charge in [-0.1, -0.05) is 23.8 Å². The Morgan fingerprint density at radius 2 is 1.88 bits per heavy atom. The summed E-state index contributed by atoms with van der Waals surface area (Å²) in [5, 5.41) is 0. The molecule has 1 aromatic carbocycles. The molecule has 1 heterocycles. The fourth-order valence-electron chi connectivity index (χ4n) is 3.57. The van der Waals surface area contributed by atoms with Crippen LogP contribution in [0.2, 0.25) is 0 Å². The molecule has 0 aromatic heterocycles. The number of carbonyl (C=O) groups excluding carboxylic acids is 1. The maximum atomic E-state index is 13.0. The highest BCUT2D eigenvalue weighted by atomic mass is 32.2. The van der Waals surface area contributed by atoms with Crippen LogP contribution in [0.4, 0.5) is 0 Å². The first-order chi connectivity index (χ1) is 11.8. The summed E-state index contributed by atoms with van der Waals surface area (Å²) >= 11 is 0. The molecule has 0 bridgehead atoms. The van der Waals surface area contributed by atoms with E-state index in [1.54, 1.807) is 24.3 Å². The Morgan fingerprint density at radius 1 is 1.20 bits per heavy atom. The van der Waals surface area contributed by atoms with Crippen molar-refractivity contribution in [1.82, 2.24) is 4.31 Å². The van der Waals surface area contributed by atoms with Gasteiger partial charge in [-0.3, -0.25) is 4.79 Å². The molecule has 1 aliphatic heterocycles. The molecule has 1 atom stereocenters. The van der Waals surface area contributed by atoms with Crippen LogP contribution in [0.15, 0.2) is 52.1 Å². The summed E-state index contributed by atoms with van der Waals surface area (Å²) in [4.78, 5) is 11.8. The largest absolute Gasteiger partial charge is 0.430 e. The number of carbonyl (C=O) groups is 1. The molecule has 1 unspecified atom stereocenters. The molecule has 3 rings (SSSR count). The van der Waals surface area contributed by atoms with Crippen LogP contribution in [-0.4, -0.2) is 31.8 Å². The number of fused-ring (bicyclic) bond motifs is 1. The molecule has 134 valence electrons. The molecule has 1 aromatic rings. The van der Waals surface area contributed by atoms with E-state index in [9.17, 15) is 13.2 Å². The maximum absolute atomic E-state index is 13.0. The molecule has 5 nitrogen and oxygen atoms in total. The standard InChI is InChI=1S/C19H23NO4S/c1-13-7-9-17(10-8-13)25(22,23)20-11-16-6-4-5-14(2)19(16)18(12-20)24-15(3)21/h5,7-10,16H,4,6,11-12H2,1-3H3. The van der Waals surface area contributed by atoms with E-state index in [0.717, 1.165) is 29.6 Å². The van der Waals surface area contributed by atoms with Gasteiger partial charge in [-0.2, -0.15) is 4.31 Å². The van der Waals surface area contributed by atoms with Crippen LogP contribution < -0.4 is 0 Å². The number of rotatable bonds is 3. The van der Waals surface area contributed by atoms with Gasteiger partial charge in [0, 0.05) is 19.4 Å². The second-order valence-electron chi connectivity index (χ2n) is 6.70. The van der Waals surface area contributed by atoms with Gasteiger partial charge in [0.2, 0.25) is 10.0 Å². The third-order valence-electron chi connectivity index (χ3n) is 4.77. The maximum Gasteiger partial charge on any atom is 0.307 e. The van der Waals surface area contributed by atoms with E-state index in [0.29, 0.717) is 12.3 Å². The summed E-state index contributed by atoms with van der Waals surface area (Å²) in [5.74, 6) is 0.107. The van der Waals surface area contributed by atoms with Crippen LogP contribution in [0.5, 0.6) is 0 Å². The molecule has 0 saturated heterocycles. The van der Waals surface area contributed by atoms with E-state index in [-0.39, 0.29) is 17.4 Å². The molecule has 0 saturated carbocycles. The van der Waals surface area contributed by atoms with Crippen molar-refractivity contribution in [1.29, 1.82) is 0 Å². The normalized spacial score (nSPS) is 21.6. The molecule has 1 aliphatic carbocycles. The first kappa shape index (κ1) is 17.9. The van der Waals surface area contributed by atoms with E-state index in [1.807, 2.05) is 13.8 Å². The average molecular weight is 361 g/mol. The van der Waals surface area contributed by atoms with E-state index in [2.05, 4.69) is 6.08 Å². The van der Waals surface area contributed by atoms with Gasteiger partial charge in [-0.15, -0.1) is 0 Å². The lowest BCUT2D eigenvalue weighted by Gasteiger charge is -2.37. The Bertz CT molecular complexity index is 850. The second-order valence-corrected chi connectivity index (χ2v) is 8.64. The van der Waals surface area contributed by atoms with Gasteiger partial charge in [-0.05, 0) is 50.0 Å². The van der Waals surface area contributed by atoms with Crippen molar-refractivity contribution in [2.75, 3.05) is 13.1 Å². The van der Waals surface area contributed by atoms with E-state index in [4.69, 9.17) is 4.74 Å². The Labute approximate surface area is 149 Å². The van der Waals surface area contributed by atoms with Crippen molar-refractivity contribution in [3.05, 3.63) is 52.8 Å². The molecule has 6 heteroatoms. The van der Waals surface area contributed by atoms with E-state index >= 15 is 0 Å². The number of esters is 1. The minimum atomic E-state index is -3.63. The highest BCUT2D eigenvalue weighted by molar-refractivity contribution is 7.89. The van der Waals surface area contributed by atoms with Crippen molar-refractivity contribution >= 4 is 16.0 Å². The number of benzene rings is 1. The van der Waals surface area contributed by atoms with Crippen molar-refractivity contribution < 1.29 is 17.9 Å². The molecule has 0 spiro atoms. The zero-order chi connectivity index (χ0) is 18.2. The van der Waals surface area contributed by atoms with Gasteiger partial charge in [0.05, 0.1) is 11.4 Å². The van der Waals surface area contributed by atoms with Crippen molar-refractivity contribution in [3.8, 4) is 0 Å². The fourth-order valence-corrected chi connectivity index (χ4v) is 5.01. The number of ether oxygens (including phenoxy) is 1. The first-order valence-corrected chi connectivity index (χ1v) is 9.88. The Kier molecular flexibility index (Phi) is 4.84. The highest BCUT2D eigenvalue weighted by Gasteiger charge is 2.37. The SMILES string of the molecule is CC(=O)OC1=C2C(C)=CCCC2CN(S(=O)(=O)c2ccc(C)cc2)C1. The topological polar surface area (TPSA) is 63.7 Å². The van der Waals surface area contributed by atoms with Gasteiger partial charge in [0.25, 0.3) is 0 Å². The predicted molar refractivity (Wildman–Crippen MR) is 95.2 cm³/mol.